The number of thioether (sulfide) groups is 1. The van der Waals surface area contributed by atoms with E-state index in [4.69, 9.17) is 0 Å². The Bertz CT molecular complexity index is 1320. The topological polar surface area (TPSA) is 90.9 Å². The van der Waals surface area contributed by atoms with E-state index in [0.717, 1.165) is 23.0 Å². The van der Waals surface area contributed by atoms with Crippen molar-refractivity contribution in [2.45, 2.75) is 50.9 Å². The second-order valence-corrected chi connectivity index (χ2v) is 10.2. The van der Waals surface area contributed by atoms with Crippen LogP contribution < -0.4 is 16.6 Å². The maximum Gasteiger partial charge on any atom is 0.332 e. The first-order valence-corrected chi connectivity index (χ1v) is 12.5. The molecule has 1 amide bonds. The van der Waals surface area contributed by atoms with Crippen molar-refractivity contribution in [2.75, 3.05) is 5.75 Å². The van der Waals surface area contributed by atoms with Gasteiger partial charge in [-0.1, -0.05) is 44.2 Å². The summed E-state index contributed by atoms with van der Waals surface area (Å²) in [5.74, 6) is 0.557. The van der Waals surface area contributed by atoms with Gasteiger partial charge in [-0.05, 0) is 42.4 Å². The van der Waals surface area contributed by atoms with E-state index in [1.165, 1.54) is 41.9 Å². The van der Waals surface area contributed by atoms with Gasteiger partial charge in [0.1, 0.15) is 5.82 Å². The molecule has 0 bridgehead atoms. The Hall–Kier alpha value is -2.88. The molecule has 0 aliphatic heterocycles. The van der Waals surface area contributed by atoms with Gasteiger partial charge in [0.25, 0.3) is 5.56 Å². The van der Waals surface area contributed by atoms with Crippen LogP contribution in [0.25, 0.3) is 11.2 Å². The molecule has 2 unspecified atom stereocenters. The molecule has 8 nitrogen and oxygen atoms in total. The fraction of sp³-hybridized carbons (Fsp3) is 0.500. The molecule has 2 aromatic heterocycles. The fourth-order valence-electron chi connectivity index (χ4n) is 4.78. The quantitative estimate of drug-likeness (QED) is 0.540. The van der Waals surface area contributed by atoms with Crippen LogP contribution in [0.15, 0.2) is 39.0 Å². The third-order valence-corrected chi connectivity index (χ3v) is 7.75. The molecular formula is C24H30FN5O3S. The van der Waals surface area contributed by atoms with Gasteiger partial charge in [0.15, 0.2) is 16.3 Å². The molecule has 1 fully saturated rings. The average molecular weight is 488 g/mol. The van der Waals surface area contributed by atoms with Gasteiger partial charge in [-0.2, -0.15) is 0 Å². The van der Waals surface area contributed by atoms with Crippen LogP contribution in [0.1, 0.15) is 38.7 Å². The minimum absolute atomic E-state index is 0.0854. The number of fused-ring (bicyclic) bond motifs is 1. The molecule has 4 rings (SSSR count). The van der Waals surface area contributed by atoms with Gasteiger partial charge in [-0.3, -0.25) is 18.7 Å². The SMILES string of the molecule is CC1CCCC(C)C1NC(=O)CSc1nc2c(c(=O)n(C)c(=O)n2C)n1Cc1ccc(F)cc1. The van der Waals surface area contributed by atoms with E-state index in [-0.39, 0.29) is 41.2 Å². The van der Waals surface area contributed by atoms with Crippen molar-refractivity contribution in [1.82, 2.24) is 24.0 Å². The number of nitrogens with zero attached hydrogens (tertiary/aromatic N) is 4. The zero-order chi connectivity index (χ0) is 24.6. The smallest absolute Gasteiger partial charge is 0.332 e. The highest BCUT2D eigenvalue weighted by Crippen LogP contribution is 2.29. The monoisotopic (exact) mass is 487 g/mol. The summed E-state index contributed by atoms with van der Waals surface area (Å²) >= 11 is 1.23. The maximum absolute atomic E-state index is 13.4. The Kier molecular flexibility index (Phi) is 6.97. The number of aryl methyl sites for hydroxylation is 1. The van der Waals surface area contributed by atoms with Gasteiger partial charge in [-0.15, -0.1) is 0 Å². The number of nitrogens with one attached hydrogen (secondary N) is 1. The lowest BCUT2D eigenvalue weighted by atomic mass is 9.79. The third kappa shape index (κ3) is 4.68. The Morgan fingerprint density at radius 3 is 2.41 bits per heavy atom. The summed E-state index contributed by atoms with van der Waals surface area (Å²) in [6.07, 6.45) is 3.39. The van der Waals surface area contributed by atoms with Crippen LogP contribution in [-0.2, 0) is 25.4 Å². The summed E-state index contributed by atoms with van der Waals surface area (Å²) < 4.78 is 17.5. The summed E-state index contributed by atoms with van der Waals surface area (Å²) in [6, 6.07) is 6.14. The number of amides is 1. The van der Waals surface area contributed by atoms with E-state index in [2.05, 4.69) is 24.1 Å². The van der Waals surface area contributed by atoms with Crippen molar-refractivity contribution in [3.05, 3.63) is 56.5 Å². The summed E-state index contributed by atoms with van der Waals surface area (Å²) in [5, 5.41) is 3.64. The van der Waals surface area contributed by atoms with Gasteiger partial charge in [0, 0.05) is 20.1 Å². The van der Waals surface area contributed by atoms with Gasteiger partial charge < -0.3 is 9.88 Å². The molecular weight excluding hydrogens is 457 g/mol. The lowest BCUT2D eigenvalue weighted by Gasteiger charge is -2.35. The normalized spacial score (nSPS) is 20.6. The lowest BCUT2D eigenvalue weighted by molar-refractivity contribution is -0.120. The number of carbonyl (C=O) groups is 1. The van der Waals surface area contributed by atoms with E-state index in [1.807, 2.05) is 0 Å². The summed E-state index contributed by atoms with van der Waals surface area (Å²) in [6.45, 7) is 4.60. The molecule has 2 heterocycles. The Balaban J connectivity index is 1.65. The number of imidazole rings is 1. The molecule has 34 heavy (non-hydrogen) atoms. The fourth-order valence-corrected chi connectivity index (χ4v) is 5.59. The molecule has 1 N–H and O–H groups in total. The Morgan fingerprint density at radius 2 is 1.76 bits per heavy atom. The highest BCUT2D eigenvalue weighted by molar-refractivity contribution is 7.99. The lowest BCUT2D eigenvalue weighted by Crippen LogP contribution is -2.46. The Labute approximate surface area is 201 Å². The number of carbonyl (C=O) groups excluding carboxylic acids is 1. The molecule has 0 saturated heterocycles. The largest absolute Gasteiger partial charge is 0.352 e. The van der Waals surface area contributed by atoms with Crippen LogP contribution >= 0.6 is 11.8 Å². The standard InChI is InChI=1S/C24H30FN5O3S/c1-14-6-5-7-15(2)19(14)26-18(31)13-34-23-27-21-20(22(32)29(4)24(33)28(21)3)30(23)12-16-8-10-17(25)11-9-16/h8-11,14-15,19H,5-7,12-13H2,1-4H3,(H,26,31). The van der Waals surface area contributed by atoms with Crippen LogP contribution in [-0.4, -0.2) is 36.4 Å². The second-order valence-electron chi connectivity index (χ2n) is 9.25. The van der Waals surface area contributed by atoms with Crippen LogP contribution in [0, 0.1) is 17.7 Å². The van der Waals surface area contributed by atoms with Gasteiger partial charge in [0.05, 0.1) is 12.3 Å². The van der Waals surface area contributed by atoms with Gasteiger partial charge in [0.2, 0.25) is 5.91 Å². The number of rotatable bonds is 6. The van der Waals surface area contributed by atoms with Crippen molar-refractivity contribution in [2.24, 2.45) is 25.9 Å². The molecule has 0 radical (unpaired) electrons. The van der Waals surface area contributed by atoms with Crippen LogP contribution in [0.5, 0.6) is 0 Å². The molecule has 10 heteroatoms. The minimum Gasteiger partial charge on any atom is -0.352 e. The first kappa shape index (κ1) is 24.3. The highest BCUT2D eigenvalue weighted by Gasteiger charge is 2.29. The van der Waals surface area contributed by atoms with E-state index in [1.54, 1.807) is 23.7 Å². The molecule has 0 spiro atoms. The number of hydrogen-bond donors (Lipinski definition) is 1. The molecule has 182 valence electrons. The number of halogens is 1. The van der Waals surface area contributed by atoms with Crippen LogP contribution in [0.4, 0.5) is 4.39 Å². The molecule has 1 saturated carbocycles. The third-order valence-electron chi connectivity index (χ3n) is 6.77. The highest BCUT2D eigenvalue weighted by atomic mass is 32.2. The summed E-state index contributed by atoms with van der Waals surface area (Å²) in [5.41, 5.74) is 0.360. The van der Waals surface area contributed by atoms with Crippen molar-refractivity contribution in [3.63, 3.8) is 0 Å². The zero-order valence-corrected chi connectivity index (χ0v) is 20.7. The van der Waals surface area contributed by atoms with E-state index in [0.29, 0.717) is 17.0 Å². The molecule has 2 atom stereocenters. The predicted molar refractivity (Wildman–Crippen MR) is 131 cm³/mol. The number of hydrogen-bond acceptors (Lipinski definition) is 5. The average Bonchev–Trinajstić information content (AvgIpc) is 3.17. The zero-order valence-electron chi connectivity index (χ0n) is 19.9. The summed E-state index contributed by atoms with van der Waals surface area (Å²) in [7, 11) is 2.98. The van der Waals surface area contributed by atoms with Crippen LogP contribution in [0.3, 0.4) is 0 Å². The van der Waals surface area contributed by atoms with Crippen molar-refractivity contribution in [1.29, 1.82) is 0 Å². The minimum atomic E-state index is -0.474. The van der Waals surface area contributed by atoms with E-state index in [9.17, 15) is 18.8 Å². The van der Waals surface area contributed by atoms with E-state index >= 15 is 0 Å². The molecule has 1 aliphatic rings. The van der Waals surface area contributed by atoms with E-state index < -0.39 is 11.2 Å². The van der Waals surface area contributed by atoms with Crippen molar-refractivity contribution < 1.29 is 9.18 Å². The molecule has 1 aromatic carbocycles. The number of benzene rings is 1. The van der Waals surface area contributed by atoms with Crippen molar-refractivity contribution in [3.8, 4) is 0 Å². The second kappa shape index (κ2) is 9.77. The maximum atomic E-state index is 13.4. The number of aromatic nitrogens is 4. The first-order valence-electron chi connectivity index (χ1n) is 11.5. The molecule has 1 aliphatic carbocycles. The molecule has 3 aromatic rings. The first-order chi connectivity index (χ1) is 16.2. The Morgan fingerprint density at radius 1 is 1.12 bits per heavy atom. The predicted octanol–water partition coefficient (Wildman–Crippen LogP) is 2.65. The van der Waals surface area contributed by atoms with Crippen LogP contribution in [0.2, 0.25) is 0 Å². The van der Waals surface area contributed by atoms with Gasteiger partial charge >= 0.3 is 5.69 Å². The van der Waals surface area contributed by atoms with Crippen molar-refractivity contribution >= 4 is 28.8 Å². The summed E-state index contributed by atoms with van der Waals surface area (Å²) in [4.78, 5) is 42.8. The van der Waals surface area contributed by atoms with Gasteiger partial charge in [-0.25, -0.2) is 14.2 Å².